The zero-order valence-corrected chi connectivity index (χ0v) is 15.6. The summed E-state index contributed by atoms with van der Waals surface area (Å²) in [6, 6.07) is 17.9. The van der Waals surface area contributed by atoms with Crippen molar-refractivity contribution in [1.29, 1.82) is 0 Å². The van der Waals surface area contributed by atoms with Crippen molar-refractivity contribution in [3.05, 3.63) is 77.9 Å². The number of nitrogens with one attached hydrogen (secondary N) is 1. The van der Waals surface area contributed by atoms with E-state index < -0.39 is 12.1 Å². The molecule has 1 heterocycles. The summed E-state index contributed by atoms with van der Waals surface area (Å²) in [5, 5.41) is 18.9. The fourth-order valence-electron chi connectivity index (χ4n) is 3.13. The summed E-state index contributed by atoms with van der Waals surface area (Å²) in [5.41, 5.74) is 4.58. The predicted molar refractivity (Wildman–Crippen MR) is 111 cm³/mol. The van der Waals surface area contributed by atoms with Crippen LogP contribution in [0.25, 0.3) is 12.2 Å². The fraction of sp³-hybridized carbons (Fsp3) is 0.227. The Morgan fingerprint density at radius 1 is 0.929 bits per heavy atom. The van der Waals surface area contributed by atoms with Crippen molar-refractivity contribution in [2.45, 2.75) is 6.23 Å². The number of aliphatic hydroxyl groups is 1. The minimum absolute atomic E-state index is 0.570. The van der Waals surface area contributed by atoms with Crippen molar-refractivity contribution in [3.63, 3.8) is 0 Å². The number of hydrogen-bond donors (Lipinski definition) is 3. The molecule has 1 atom stereocenters. The molecule has 2 aromatic rings. The molecule has 0 radical (unpaired) electrons. The van der Waals surface area contributed by atoms with Gasteiger partial charge in [0.25, 0.3) is 5.91 Å². The molecule has 1 aliphatic heterocycles. The molecule has 3 N–H and O–H groups in total. The Morgan fingerprint density at radius 3 is 2.14 bits per heavy atom. The Morgan fingerprint density at radius 2 is 1.54 bits per heavy atom. The van der Waals surface area contributed by atoms with Gasteiger partial charge in [-0.1, -0.05) is 48.5 Å². The maximum absolute atomic E-state index is 11.0. The van der Waals surface area contributed by atoms with Crippen LogP contribution in [0.1, 0.15) is 11.1 Å². The first-order valence-corrected chi connectivity index (χ1v) is 9.28. The number of hydrogen-bond acceptors (Lipinski definition) is 5. The summed E-state index contributed by atoms with van der Waals surface area (Å²) in [6.45, 7) is 3.38. The molecule has 1 aliphatic rings. The maximum atomic E-state index is 11.0. The topological polar surface area (TPSA) is 76.0 Å². The molecule has 0 aliphatic carbocycles. The monoisotopic (exact) mass is 379 g/mol. The van der Waals surface area contributed by atoms with Gasteiger partial charge in [0, 0.05) is 37.9 Å². The summed E-state index contributed by atoms with van der Waals surface area (Å²) in [5.74, 6) is -0.570. The highest BCUT2D eigenvalue weighted by Gasteiger charge is 2.20. The Balaban J connectivity index is 1.50. The van der Waals surface area contributed by atoms with E-state index in [2.05, 4.69) is 21.9 Å². The number of aliphatic hydroxyl groups excluding tert-OH is 1. The molecule has 1 saturated heterocycles. The Bertz CT molecular complexity index is 811. The van der Waals surface area contributed by atoms with Crippen LogP contribution in [-0.4, -0.2) is 53.5 Å². The van der Waals surface area contributed by atoms with Crippen molar-refractivity contribution < 1.29 is 15.1 Å². The van der Waals surface area contributed by atoms with Gasteiger partial charge in [-0.05, 0) is 35.4 Å². The van der Waals surface area contributed by atoms with Gasteiger partial charge in [-0.15, -0.1) is 0 Å². The van der Waals surface area contributed by atoms with E-state index in [0.717, 1.165) is 37.3 Å². The molecule has 0 saturated carbocycles. The van der Waals surface area contributed by atoms with Gasteiger partial charge in [0.2, 0.25) is 0 Å². The standard InChI is InChI=1S/C22H25N3O3/c26-21(23-28)12-10-18-6-8-19(9-7-18)11-13-22(27)25-16-14-24(15-17-25)20-4-2-1-3-5-20/h1-13,22,27-28H,14-17H2,(H,23,26)/b12-10+,13-11+. The van der Waals surface area contributed by atoms with Gasteiger partial charge in [0.15, 0.2) is 0 Å². The lowest BCUT2D eigenvalue weighted by Crippen LogP contribution is -2.49. The first-order valence-electron chi connectivity index (χ1n) is 9.28. The largest absolute Gasteiger partial charge is 0.375 e. The highest BCUT2D eigenvalue weighted by atomic mass is 16.5. The quantitative estimate of drug-likeness (QED) is 0.408. The molecule has 0 bridgehead atoms. The van der Waals surface area contributed by atoms with Crippen LogP contribution in [0.15, 0.2) is 66.7 Å². The number of hydroxylamine groups is 1. The van der Waals surface area contributed by atoms with E-state index >= 15 is 0 Å². The zero-order valence-electron chi connectivity index (χ0n) is 15.6. The van der Waals surface area contributed by atoms with Crippen LogP contribution < -0.4 is 10.4 Å². The number of carbonyl (C=O) groups excluding carboxylic acids is 1. The van der Waals surface area contributed by atoms with Crippen LogP contribution in [0.5, 0.6) is 0 Å². The molecule has 6 nitrogen and oxygen atoms in total. The highest BCUT2D eigenvalue weighted by Crippen LogP contribution is 2.17. The van der Waals surface area contributed by atoms with Crippen LogP contribution in [0, 0.1) is 0 Å². The number of piperazine rings is 1. The molecule has 3 rings (SSSR count). The van der Waals surface area contributed by atoms with Crippen molar-refractivity contribution in [2.24, 2.45) is 0 Å². The van der Waals surface area contributed by atoms with Gasteiger partial charge in [0.1, 0.15) is 6.23 Å². The van der Waals surface area contributed by atoms with E-state index in [-0.39, 0.29) is 0 Å². The molecular weight excluding hydrogens is 354 g/mol. The SMILES string of the molecule is O=C(/C=C/c1ccc(/C=C/C(O)N2CCN(c3ccccc3)CC2)cc1)NO. The molecular formula is C22H25N3O3. The number of anilines is 1. The minimum atomic E-state index is -0.620. The highest BCUT2D eigenvalue weighted by molar-refractivity contribution is 5.90. The van der Waals surface area contributed by atoms with Crippen LogP contribution in [0.3, 0.4) is 0 Å². The van der Waals surface area contributed by atoms with Crippen molar-refractivity contribution in [3.8, 4) is 0 Å². The molecule has 2 aromatic carbocycles. The van der Waals surface area contributed by atoms with Gasteiger partial charge >= 0.3 is 0 Å². The second kappa shape index (κ2) is 9.85. The van der Waals surface area contributed by atoms with Gasteiger partial charge < -0.3 is 10.0 Å². The van der Waals surface area contributed by atoms with Crippen LogP contribution >= 0.6 is 0 Å². The zero-order chi connectivity index (χ0) is 19.8. The van der Waals surface area contributed by atoms with Crippen LogP contribution in [-0.2, 0) is 4.79 Å². The lowest BCUT2D eigenvalue weighted by atomic mass is 10.1. The normalized spacial score (nSPS) is 16.6. The van der Waals surface area contributed by atoms with E-state index in [1.807, 2.05) is 48.5 Å². The summed E-state index contributed by atoms with van der Waals surface area (Å²) >= 11 is 0. The molecule has 146 valence electrons. The number of nitrogens with zero attached hydrogens (tertiary/aromatic N) is 2. The first-order chi connectivity index (χ1) is 13.7. The third-order valence-electron chi connectivity index (χ3n) is 4.74. The lowest BCUT2D eigenvalue weighted by Gasteiger charge is -2.37. The third kappa shape index (κ3) is 5.53. The molecule has 28 heavy (non-hydrogen) atoms. The third-order valence-corrected chi connectivity index (χ3v) is 4.74. The number of para-hydroxylation sites is 1. The lowest BCUT2D eigenvalue weighted by molar-refractivity contribution is -0.124. The summed E-state index contributed by atoms with van der Waals surface area (Å²) in [7, 11) is 0. The fourth-order valence-corrected chi connectivity index (χ4v) is 3.13. The second-order valence-electron chi connectivity index (χ2n) is 6.61. The van der Waals surface area contributed by atoms with E-state index in [1.54, 1.807) is 17.6 Å². The Kier molecular flexibility index (Phi) is 6.97. The predicted octanol–water partition coefficient (Wildman–Crippen LogP) is 2.36. The molecule has 0 aromatic heterocycles. The van der Waals surface area contributed by atoms with E-state index in [9.17, 15) is 9.90 Å². The Hall–Kier alpha value is -2.93. The Labute approximate surface area is 165 Å². The van der Waals surface area contributed by atoms with Gasteiger partial charge in [0.05, 0.1) is 0 Å². The first kappa shape index (κ1) is 19.8. The summed E-state index contributed by atoms with van der Waals surface area (Å²) in [6.07, 6.45) is 5.93. The number of carbonyl (C=O) groups is 1. The van der Waals surface area contributed by atoms with E-state index in [1.165, 1.54) is 11.8 Å². The van der Waals surface area contributed by atoms with Crippen molar-refractivity contribution >= 4 is 23.7 Å². The number of benzene rings is 2. The summed E-state index contributed by atoms with van der Waals surface area (Å²) in [4.78, 5) is 15.4. The molecule has 1 unspecified atom stereocenters. The van der Waals surface area contributed by atoms with Crippen LogP contribution in [0.4, 0.5) is 5.69 Å². The smallest absolute Gasteiger partial charge is 0.267 e. The molecule has 1 amide bonds. The number of amides is 1. The average molecular weight is 379 g/mol. The second-order valence-corrected chi connectivity index (χ2v) is 6.61. The van der Waals surface area contributed by atoms with Crippen LogP contribution in [0.2, 0.25) is 0 Å². The average Bonchev–Trinajstić information content (AvgIpc) is 2.77. The summed E-state index contributed by atoms with van der Waals surface area (Å²) < 4.78 is 0. The number of rotatable bonds is 6. The molecule has 0 spiro atoms. The molecule has 6 heteroatoms. The van der Waals surface area contributed by atoms with Gasteiger partial charge in [-0.25, -0.2) is 5.48 Å². The van der Waals surface area contributed by atoms with E-state index in [0.29, 0.717) is 0 Å². The van der Waals surface area contributed by atoms with E-state index in [4.69, 9.17) is 5.21 Å². The molecule has 1 fully saturated rings. The van der Waals surface area contributed by atoms with Crippen molar-refractivity contribution in [2.75, 3.05) is 31.1 Å². The van der Waals surface area contributed by atoms with Gasteiger partial charge in [-0.3, -0.25) is 14.9 Å². The van der Waals surface area contributed by atoms with Gasteiger partial charge in [-0.2, -0.15) is 0 Å². The minimum Gasteiger partial charge on any atom is -0.375 e. The van der Waals surface area contributed by atoms with Crippen molar-refractivity contribution in [1.82, 2.24) is 10.4 Å². The maximum Gasteiger partial charge on any atom is 0.267 e.